The number of hydrogen-bond donors (Lipinski definition) is 1. The lowest BCUT2D eigenvalue weighted by Gasteiger charge is -2.16. The highest BCUT2D eigenvalue weighted by Gasteiger charge is 2.15. The fourth-order valence-electron chi connectivity index (χ4n) is 3.84. The van der Waals surface area contributed by atoms with Gasteiger partial charge in [-0.25, -0.2) is 4.79 Å². The van der Waals surface area contributed by atoms with E-state index in [4.69, 9.17) is 4.74 Å². The summed E-state index contributed by atoms with van der Waals surface area (Å²) in [6.45, 7) is 7.97. The van der Waals surface area contributed by atoms with Crippen molar-refractivity contribution in [2.24, 2.45) is 0 Å². The molecule has 37 heavy (non-hydrogen) atoms. The Bertz CT molecular complexity index is 1400. The van der Waals surface area contributed by atoms with Crippen molar-refractivity contribution in [1.82, 2.24) is 25.3 Å². The quantitative estimate of drug-likeness (QED) is 0.353. The summed E-state index contributed by atoms with van der Waals surface area (Å²) in [5.74, 6) is 1.41. The van der Waals surface area contributed by atoms with Crippen LogP contribution >= 0.6 is 0 Å². The Morgan fingerprint density at radius 2 is 1.65 bits per heavy atom. The van der Waals surface area contributed by atoms with Gasteiger partial charge in [-0.05, 0) is 73.2 Å². The number of phenolic OH excluding ortho intramolecular Hbond substituents is 1. The molecule has 0 aliphatic carbocycles. The number of ether oxygens (including phenoxy) is 1. The molecule has 8 heteroatoms. The third kappa shape index (κ3) is 6.55. The van der Waals surface area contributed by atoms with Crippen LogP contribution in [0.2, 0.25) is 0 Å². The molecule has 1 N–H and O–H groups in total. The van der Waals surface area contributed by atoms with Gasteiger partial charge in [-0.3, -0.25) is 0 Å². The van der Waals surface area contributed by atoms with Crippen molar-refractivity contribution in [2.75, 3.05) is 7.05 Å². The third-order valence-corrected chi connectivity index (χ3v) is 6.06. The van der Waals surface area contributed by atoms with E-state index in [1.54, 1.807) is 31.3 Å². The van der Waals surface area contributed by atoms with Crippen molar-refractivity contribution in [3.8, 4) is 22.9 Å². The highest BCUT2D eigenvalue weighted by molar-refractivity contribution is 5.70. The first-order valence-electron chi connectivity index (χ1n) is 11.9. The predicted octanol–water partition coefficient (Wildman–Crippen LogP) is 5.32. The van der Waals surface area contributed by atoms with Crippen LogP contribution in [0.1, 0.15) is 33.6 Å². The molecule has 4 aromatic rings. The van der Waals surface area contributed by atoms with E-state index in [-0.39, 0.29) is 12.3 Å². The van der Waals surface area contributed by atoms with Gasteiger partial charge in [0.2, 0.25) is 5.82 Å². The van der Waals surface area contributed by atoms with Crippen molar-refractivity contribution >= 4 is 12.2 Å². The topological polar surface area (TPSA) is 101 Å². The van der Waals surface area contributed by atoms with Gasteiger partial charge in [-0.1, -0.05) is 54.6 Å². The molecule has 1 amide bonds. The van der Waals surface area contributed by atoms with Gasteiger partial charge in [-0.2, -0.15) is 0 Å². The van der Waals surface area contributed by atoms with Gasteiger partial charge in [0.15, 0.2) is 5.82 Å². The molecule has 0 aliphatic rings. The van der Waals surface area contributed by atoms with Gasteiger partial charge in [0.25, 0.3) is 0 Å². The minimum atomic E-state index is -0.539. The minimum Gasteiger partial charge on any atom is -0.508 e. The molecule has 0 atom stereocenters. The second-order valence-corrected chi connectivity index (χ2v) is 8.91. The van der Waals surface area contributed by atoms with Gasteiger partial charge in [0.05, 0.1) is 6.54 Å². The number of rotatable bonds is 8. The number of phenols is 1. The van der Waals surface area contributed by atoms with Crippen molar-refractivity contribution in [2.45, 2.75) is 33.2 Å². The summed E-state index contributed by atoms with van der Waals surface area (Å²) in [5.41, 5.74) is 6.10. The summed E-state index contributed by atoms with van der Waals surface area (Å²) in [4.78, 5) is 14.1. The molecule has 1 heterocycles. The molecule has 0 radical (unpaired) electrons. The summed E-state index contributed by atoms with van der Waals surface area (Å²) >= 11 is 0. The fourth-order valence-corrected chi connectivity index (χ4v) is 3.84. The highest BCUT2D eigenvalue weighted by Crippen LogP contribution is 2.23. The van der Waals surface area contributed by atoms with E-state index >= 15 is 0 Å². The van der Waals surface area contributed by atoms with Crippen LogP contribution in [0.4, 0.5) is 4.79 Å². The van der Waals surface area contributed by atoms with Crippen LogP contribution in [-0.2, 0) is 19.4 Å². The Kier molecular flexibility index (Phi) is 7.88. The van der Waals surface area contributed by atoms with Gasteiger partial charge in [0.1, 0.15) is 11.5 Å². The van der Waals surface area contributed by atoms with Gasteiger partial charge in [0, 0.05) is 12.6 Å². The van der Waals surface area contributed by atoms with Crippen LogP contribution in [0.5, 0.6) is 11.5 Å². The molecule has 0 saturated carbocycles. The first kappa shape index (κ1) is 25.5. The molecular formula is C29H29N5O3. The lowest BCUT2D eigenvalue weighted by molar-refractivity contribution is 0.159. The maximum atomic E-state index is 12.7. The zero-order valence-electron chi connectivity index (χ0n) is 21.2. The van der Waals surface area contributed by atoms with Crippen LogP contribution in [0, 0.1) is 13.8 Å². The smallest absolute Gasteiger partial charge is 0.415 e. The number of hydrogen-bond acceptors (Lipinski definition) is 7. The normalized spacial score (nSPS) is 10.7. The van der Waals surface area contributed by atoms with Gasteiger partial charge >= 0.3 is 6.09 Å². The molecule has 0 spiro atoms. The van der Waals surface area contributed by atoms with E-state index in [2.05, 4.69) is 27.0 Å². The second kappa shape index (κ2) is 11.4. The molecule has 4 rings (SSSR count). The number of nitrogens with zero attached hydrogens (tertiary/aromatic N) is 5. The molecule has 0 unspecified atom stereocenters. The number of carbonyl (C=O) groups is 1. The Labute approximate surface area is 216 Å². The summed E-state index contributed by atoms with van der Waals surface area (Å²) in [6, 6.07) is 18.6. The third-order valence-electron chi connectivity index (χ3n) is 6.06. The Morgan fingerprint density at radius 1 is 0.946 bits per heavy atom. The number of benzene rings is 3. The van der Waals surface area contributed by atoms with Gasteiger partial charge in [-0.15, -0.1) is 20.4 Å². The molecule has 0 aliphatic heterocycles. The predicted molar refractivity (Wildman–Crippen MR) is 142 cm³/mol. The highest BCUT2D eigenvalue weighted by atomic mass is 16.6. The standard InChI is InChI=1S/C29H29N5O3/c1-5-21-13-14-25(35)16-24(21)12-11-23-17-26(15-8-20(23)3)37-29(36)34(4)18-27-30-32-28(33-31-27)22-9-6-19(2)7-10-22/h5-10,13-17,35H,1,11-12,18H2,2-4H3. The molecular weight excluding hydrogens is 466 g/mol. The number of aromatic nitrogens is 4. The molecule has 188 valence electrons. The second-order valence-electron chi connectivity index (χ2n) is 8.91. The maximum absolute atomic E-state index is 12.7. The van der Waals surface area contributed by atoms with E-state index < -0.39 is 6.09 Å². The van der Waals surface area contributed by atoms with E-state index in [1.165, 1.54) is 4.90 Å². The number of amides is 1. The first-order valence-corrected chi connectivity index (χ1v) is 11.9. The zero-order chi connectivity index (χ0) is 26.4. The lowest BCUT2D eigenvalue weighted by Crippen LogP contribution is -2.30. The Morgan fingerprint density at radius 3 is 2.35 bits per heavy atom. The number of aryl methyl sites for hydroxylation is 4. The van der Waals surface area contributed by atoms with Crippen LogP contribution in [0.15, 0.2) is 67.2 Å². The first-order chi connectivity index (χ1) is 17.8. The minimum absolute atomic E-state index is 0.105. The molecule has 0 bridgehead atoms. The molecule has 1 aromatic heterocycles. The largest absolute Gasteiger partial charge is 0.508 e. The van der Waals surface area contributed by atoms with E-state index in [0.29, 0.717) is 23.8 Å². The summed E-state index contributed by atoms with van der Waals surface area (Å²) < 4.78 is 5.60. The maximum Gasteiger partial charge on any atom is 0.415 e. The summed E-state index contributed by atoms with van der Waals surface area (Å²) in [6.07, 6.45) is 2.67. The Balaban J connectivity index is 1.37. The van der Waals surface area contributed by atoms with E-state index in [0.717, 1.165) is 39.8 Å². The molecule has 0 saturated heterocycles. The van der Waals surface area contributed by atoms with Crippen LogP contribution in [-0.4, -0.2) is 43.5 Å². The Hall–Kier alpha value is -4.59. The van der Waals surface area contributed by atoms with Crippen molar-refractivity contribution in [3.63, 3.8) is 0 Å². The summed E-state index contributed by atoms with van der Waals surface area (Å²) in [5, 5.41) is 26.3. The molecule has 0 fully saturated rings. The monoisotopic (exact) mass is 495 g/mol. The van der Waals surface area contributed by atoms with E-state index in [9.17, 15) is 9.90 Å². The van der Waals surface area contributed by atoms with Crippen molar-refractivity contribution in [3.05, 3.63) is 101 Å². The zero-order valence-corrected chi connectivity index (χ0v) is 21.2. The summed E-state index contributed by atoms with van der Waals surface area (Å²) in [7, 11) is 1.60. The molecule has 8 nitrogen and oxygen atoms in total. The lowest BCUT2D eigenvalue weighted by atomic mass is 9.97. The average Bonchev–Trinajstić information content (AvgIpc) is 2.90. The van der Waals surface area contributed by atoms with Crippen LogP contribution in [0.25, 0.3) is 17.5 Å². The van der Waals surface area contributed by atoms with E-state index in [1.807, 2.05) is 56.3 Å². The van der Waals surface area contributed by atoms with Crippen molar-refractivity contribution in [1.29, 1.82) is 0 Å². The number of aromatic hydroxyl groups is 1. The fraction of sp³-hybridized carbons (Fsp3) is 0.207. The van der Waals surface area contributed by atoms with Crippen LogP contribution in [0.3, 0.4) is 0 Å². The SMILES string of the molecule is C=Cc1ccc(O)cc1CCc1cc(OC(=O)N(C)Cc2nnc(-c3ccc(C)cc3)nn2)ccc1C. The number of carbonyl (C=O) groups excluding carboxylic acids is 1. The van der Waals surface area contributed by atoms with Crippen molar-refractivity contribution < 1.29 is 14.6 Å². The van der Waals surface area contributed by atoms with Crippen LogP contribution < -0.4 is 4.74 Å². The average molecular weight is 496 g/mol. The van der Waals surface area contributed by atoms with Gasteiger partial charge < -0.3 is 14.7 Å². The molecule has 3 aromatic carbocycles.